The number of benzene rings is 1. The first-order valence-electron chi connectivity index (χ1n) is 9.43. The second-order valence-electron chi connectivity index (χ2n) is 7.17. The van der Waals surface area contributed by atoms with Crippen LogP contribution in [0.1, 0.15) is 24.7 Å². The Morgan fingerprint density at radius 2 is 1.86 bits per heavy atom. The van der Waals surface area contributed by atoms with Crippen LogP contribution in [-0.2, 0) is 10.0 Å². The third-order valence-electron chi connectivity index (χ3n) is 5.48. The van der Waals surface area contributed by atoms with Gasteiger partial charge in [0.15, 0.2) is 5.65 Å². The Balaban J connectivity index is 1.75. The van der Waals surface area contributed by atoms with E-state index in [-0.39, 0.29) is 4.90 Å². The molecule has 1 aromatic carbocycles. The van der Waals surface area contributed by atoms with Crippen molar-refractivity contribution in [3.8, 4) is 0 Å². The summed E-state index contributed by atoms with van der Waals surface area (Å²) in [6.45, 7) is 3.95. The number of nitrogens with zero attached hydrogens (tertiary/aromatic N) is 4. The lowest BCUT2D eigenvalue weighted by Gasteiger charge is -2.25. The second kappa shape index (κ2) is 6.42. The van der Waals surface area contributed by atoms with Gasteiger partial charge >= 0.3 is 0 Å². The van der Waals surface area contributed by atoms with E-state index in [0.717, 1.165) is 48.2 Å². The monoisotopic (exact) mass is 395 g/mol. The molecule has 0 bridgehead atoms. The lowest BCUT2D eigenvalue weighted by atomic mass is 10.1. The van der Waals surface area contributed by atoms with E-state index in [1.807, 2.05) is 13.0 Å². The number of imidazole rings is 1. The van der Waals surface area contributed by atoms with Crippen molar-refractivity contribution < 1.29 is 8.42 Å². The van der Waals surface area contributed by atoms with E-state index in [2.05, 4.69) is 19.9 Å². The molecule has 28 heavy (non-hydrogen) atoms. The van der Waals surface area contributed by atoms with E-state index in [4.69, 9.17) is 0 Å². The van der Waals surface area contributed by atoms with Gasteiger partial charge in [-0.15, -0.1) is 0 Å². The maximum Gasteiger partial charge on any atom is 0.269 e. The Bertz CT molecular complexity index is 1270. The summed E-state index contributed by atoms with van der Waals surface area (Å²) in [7, 11) is -3.71. The molecule has 0 amide bonds. The lowest BCUT2D eigenvalue weighted by Crippen LogP contribution is -2.29. The molecule has 8 heteroatoms. The van der Waals surface area contributed by atoms with Crippen molar-refractivity contribution in [2.24, 2.45) is 0 Å². The highest BCUT2D eigenvalue weighted by Crippen LogP contribution is 2.32. The van der Waals surface area contributed by atoms with Gasteiger partial charge in [0.2, 0.25) is 0 Å². The Morgan fingerprint density at radius 1 is 1.11 bits per heavy atom. The molecule has 144 valence electrons. The molecule has 0 spiro atoms. The number of rotatable bonds is 3. The first kappa shape index (κ1) is 17.4. The molecular formula is C20H21N5O2S. The molecule has 3 aromatic heterocycles. The van der Waals surface area contributed by atoms with Crippen molar-refractivity contribution in [1.82, 2.24) is 23.8 Å². The third kappa shape index (κ3) is 2.56. The highest BCUT2D eigenvalue weighted by molar-refractivity contribution is 7.90. The van der Waals surface area contributed by atoms with Crippen LogP contribution in [0.15, 0.2) is 53.7 Å². The van der Waals surface area contributed by atoms with Crippen molar-refractivity contribution >= 4 is 32.1 Å². The first-order chi connectivity index (χ1) is 13.6. The number of aromatic nitrogens is 4. The van der Waals surface area contributed by atoms with Crippen LogP contribution in [0.4, 0.5) is 0 Å². The second-order valence-corrected chi connectivity index (χ2v) is 8.98. The largest absolute Gasteiger partial charge is 0.324 e. The van der Waals surface area contributed by atoms with Crippen LogP contribution in [0.3, 0.4) is 0 Å². The quantitative estimate of drug-likeness (QED) is 0.577. The highest BCUT2D eigenvalue weighted by atomic mass is 32.2. The van der Waals surface area contributed by atoms with Gasteiger partial charge < -0.3 is 9.88 Å². The van der Waals surface area contributed by atoms with E-state index in [1.54, 1.807) is 42.7 Å². The van der Waals surface area contributed by atoms with Crippen molar-refractivity contribution in [2.45, 2.75) is 30.7 Å². The highest BCUT2D eigenvalue weighted by Gasteiger charge is 2.24. The van der Waals surface area contributed by atoms with Gasteiger partial charge in [-0.1, -0.05) is 18.2 Å². The zero-order chi connectivity index (χ0) is 19.3. The first-order valence-corrected chi connectivity index (χ1v) is 10.9. The summed E-state index contributed by atoms with van der Waals surface area (Å²) in [5.74, 6) is 0.940. The van der Waals surface area contributed by atoms with Gasteiger partial charge in [0.25, 0.3) is 10.0 Å². The van der Waals surface area contributed by atoms with Crippen molar-refractivity contribution in [3.63, 3.8) is 0 Å². The molecule has 1 fully saturated rings. The minimum Gasteiger partial charge on any atom is -0.324 e. The van der Waals surface area contributed by atoms with E-state index in [9.17, 15) is 8.42 Å². The van der Waals surface area contributed by atoms with E-state index < -0.39 is 10.0 Å². The average molecular weight is 395 g/mol. The molecule has 0 aliphatic carbocycles. The van der Waals surface area contributed by atoms with Gasteiger partial charge in [0, 0.05) is 17.6 Å². The van der Waals surface area contributed by atoms with Crippen molar-refractivity contribution in [3.05, 3.63) is 54.6 Å². The number of hydrogen-bond acceptors (Lipinski definition) is 5. The average Bonchev–Trinajstić information content (AvgIpc) is 3.30. The van der Waals surface area contributed by atoms with Crippen LogP contribution in [0.25, 0.3) is 22.1 Å². The molecule has 4 heterocycles. The number of fused-ring (bicyclic) bond motifs is 3. The molecular weight excluding hydrogens is 374 g/mol. The van der Waals surface area contributed by atoms with Gasteiger partial charge in [-0.3, -0.25) is 0 Å². The van der Waals surface area contributed by atoms with Crippen LogP contribution in [-0.4, -0.2) is 40.0 Å². The summed E-state index contributed by atoms with van der Waals surface area (Å²) >= 11 is 0. The summed E-state index contributed by atoms with van der Waals surface area (Å²) in [6, 6.07) is 10.6. The Morgan fingerprint density at radius 3 is 2.61 bits per heavy atom. The maximum absolute atomic E-state index is 13.1. The fourth-order valence-corrected chi connectivity index (χ4v) is 5.50. The zero-order valence-corrected chi connectivity index (χ0v) is 16.4. The minimum absolute atomic E-state index is 0.248. The number of piperidine rings is 1. The van der Waals surface area contributed by atoms with Crippen LogP contribution >= 0.6 is 0 Å². The van der Waals surface area contributed by atoms with Crippen molar-refractivity contribution in [2.75, 3.05) is 13.1 Å². The lowest BCUT2D eigenvalue weighted by molar-refractivity contribution is 0.370. The fourth-order valence-electron chi connectivity index (χ4n) is 4.18. The molecule has 0 unspecified atom stereocenters. The van der Waals surface area contributed by atoms with Gasteiger partial charge in [0.05, 0.1) is 16.6 Å². The van der Waals surface area contributed by atoms with E-state index in [0.29, 0.717) is 11.7 Å². The van der Waals surface area contributed by atoms with Gasteiger partial charge in [0.1, 0.15) is 11.3 Å². The topological polar surface area (TPSA) is 81.8 Å². The molecule has 0 atom stereocenters. The Hall–Kier alpha value is -2.71. The third-order valence-corrected chi connectivity index (χ3v) is 7.16. The molecule has 0 radical (unpaired) electrons. The molecule has 1 aliphatic rings. The standard InChI is InChI=1S/C20H21N5O2S/c1-14-23-18-13-22-20-17(19(18)25(14)15-7-10-21-11-8-15)9-12-24(20)28(26,27)16-5-3-2-4-6-16/h2-6,9,12-13,15,21H,7-8,10-11H2,1H3. The maximum atomic E-state index is 13.1. The van der Waals surface area contributed by atoms with Gasteiger partial charge in [-0.2, -0.15) is 0 Å². The van der Waals surface area contributed by atoms with Crippen molar-refractivity contribution in [1.29, 1.82) is 0 Å². The van der Waals surface area contributed by atoms with Crippen LogP contribution in [0.5, 0.6) is 0 Å². The predicted molar refractivity (Wildman–Crippen MR) is 108 cm³/mol. The SMILES string of the molecule is Cc1nc2cnc3c(ccn3S(=O)(=O)c3ccccc3)c2n1C1CCNCC1. The number of nitrogens with one attached hydrogen (secondary N) is 1. The smallest absolute Gasteiger partial charge is 0.269 e. The number of aryl methyl sites for hydroxylation is 1. The number of pyridine rings is 1. The van der Waals surface area contributed by atoms with Crippen LogP contribution in [0, 0.1) is 6.92 Å². The zero-order valence-electron chi connectivity index (χ0n) is 15.5. The summed E-state index contributed by atoms with van der Waals surface area (Å²) in [6.07, 6.45) is 5.33. The van der Waals surface area contributed by atoms with Gasteiger partial charge in [-0.25, -0.2) is 22.4 Å². The Labute approximate surface area is 163 Å². The molecule has 4 aromatic rings. The van der Waals surface area contributed by atoms with Crippen LogP contribution in [0.2, 0.25) is 0 Å². The normalized spacial score (nSPS) is 16.2. The molecule has 1 aliphatic heterocycles. The van der Waals surface area contributed by atoms with E-state index in [1.165, 1.54) is 3.97 Å². The number of hydrogen-bond donors (Lipinski definition) is 1. The van der Waals surface area contributed by atoms with Gasteiger partial charge in [-0.05, 0) is 51.1 Å². The summed E-state index contributed by atoms with van der Waals surface area (Å²) in [4.78, 5) is 9.39. The summed E-state index contributed by atoms with van der Waals surface area (Å²) in [5, 5.41) is 4.21. The fraction of sp³-hybridized carbons (Fsp3) is 0.300. The molecule has 0 saturated carbocycles. The molecule has 5 rings (SSSR count). The van der Waals surface area contributed by atoms with Crippen LogP contribution < -0.4 is 5.32 Å². The molecule has 1 saturated heterocycles. The summed E-state index contributed by atoms with van der Waals surface area (Å²) in [5.41, 5.74) is 2.21. The predicted octanol–water partition coefficient (Wildman–Crippen LogP) is 2.86. The molecule has 1 N–H and O–H groups in total. The van der Waals surface area contributed by atoms with E-state index >= 15 is 0 Å². The Kier molecular flexibility index (Phi) is 3.99. The minimum atomic E-state index is -3.71. The molecule has 7 nitrogen and oxygen atoms in total. The summed E-state index contributed by atoms with van der Waals surface area (Å²) < 4.78 is 29.8.